The molecule has 0 bridgehead atoms. The summed E-state index contributed by atoms with van der Waals surface area (Å²) in [6, 6.07) is -0.179. The molecule has 5 heteroatoms. The number of rotatable bonds is 5. The lowest BCUT2D eigenvalue weighted by Crippen LogP contribution is -2.58. The summed E-state index contributed by atoms with van der Waals surface area (Å²) in [6.45, 7) is 5.78. The first-order valence-corrected chi connectivity index (χ1v) is 7.25. The van der Waals surface area contributed by atoms with Gasteiger partial charge in [0, 0.05) is 6.04 Å². The van der Waals surface area contributed by atoms with Gasteiger partial charge in [-0.05, 0) is 44.4 Å². The molecule has 2 amide bonds. The SMILES string of the molecule is CCC(CC)(NC(=O)NC1CCC(C)CC1)C(=O)O. The molecule has 0 aromatic heterocycles. The molecule has 0 saturated heterocycles. The van der Waals surface area contributed by atoms with E-state index in [1.807, 2.05) is 0 Å². The topological polar surface area (TPSA) is 78.4 Å². The molecule has 19 heavy (non-hydrogen) atoms. The monoisotopic (exact) mass is 270 g/mol. The van der Waals surface area contributed by atoms with Gasteiger partial charge in [-0.3, -0.25) is 0 Å². The number of carbonyl (C=O) groups is 2. The van der Waals surface area contributed by atoms with Crippen LogP contribution in [0.3, 0.4) is 0 Å². The molecule has 5 nitrogen and oxygen atoms in total. The van der Waals surface area contributed by atoms with Crippen LogP contribution in [0.15, 0.2) is 0 Å². The normalized spacial score (nSPS) is 23.7. The maximum absolute atomic E-state index is 11.9. The van der Waals surface area contributed by atoms with Crippen molar-refractivity contribution < 1.29 is 14.7 Å². The van der Waals surface area contributed by atoms with Gasteiger partial charge in [-0.2, -0.15) is 0 Å². The Bertz CT molecular complexity index is 319. The van der Waals surface area contributed by atoms with E-state index >= 15 is 0 Å². The summed E-state index contributed by atoms with van der Waals surface area (Å²) in [6.07, 6.45) is 4.97. The molecular formula is C14H26N2O3. The molecule has 0 spiro atoms. The van der Waals surface area contributed by atoms with Crippen molar-refractivity contribution in [3.05, 3.63) is 0 Å². The molecule has 1 aliphatic carbocycles. The first-order valence-electron chi connectivity index (χ1n) is 7.25. The van der Waals surface area contributed by atoms with E-state index in [4.69, 9.17) is 0 Å². The summed E-state index contributed by atoms with van der Waals surface area (Å²) in [5.41, 5.74) is -1.15. The van der Waals surface area contributed by atoms with Crippen molar-refractivity contribution >= 4 is 12.0 Å². The van der Waals surface area contributed by atoms with Crippen molar-refractivity contribution in [3.8, 4) is 0 Å². The molecular weight excluding hydrogens is 244 g/mol. The molecule has 110 valence electrons. The van der Waals surface area contributed by atoms with Crippen LogP contribution in [0, 0.1) is 5.92 Å². The van der Waals surface area contributed by atoms with Crippen LogP contribution in [-0.2, 0) is 4.79 Å². The van der Waals surface area contributed by atoms with Gasteiger partial charge < -0.3 is 15.7 Å². The largest absolute Gasteiger partial charge is 0.480 e. The van der Waals surface area contributed by atoms with Crippen LogP contribution in [0.1, 0.15) is 59.3 Å². The summed E-state index contributed by atoms with van der Waals surface area (Å²) >= 11 is 0. The minimum atomic E-state index is -1.15. The first-order chi connectivity index (χ1) is 8.93. The molecule has 1 fully saturated rings. The molecule has 0 atom stereocenters. The average molecular weight is 270 g/mol. The van der Waals surface area contributed by atoms with Crippen molar-refractivity contribution in [2.45, 2.75) is 70.9 Å². The molecule has 0 radical (unpaired) electrons. The predicted molar refractivity (Wildman–Crippen MR) is 74.0 cm³/mol. The van der Waals surface area contributed by atoms with Gasteiger partial charge in [-0.1, -0.05) is 20.8 Å². The lowest BCUT2D eigenvalue weighted by atomic mass is 9.87. The van der Waals surface area contributed by atoms with Crippen molar-refractivity contribution in [1.29, 1.82) is 0 Å². The van der Waals surface area contributed by atoms with Crippen LogP contribution in [0.25, 0.3) is 0 Å². The number of carboxylic acid groups (broad SMARTS) is 1. The van der Waals surface area contributed by atoms with Crippen molar-refractivity contribution in [2.75, 3.05) is 0 Å². The highest BCUT2D eigenvalue weighted by atomic mass is 16.4. The maximum Gasteiger partial charge on any atom is 0.329 e. The third-order valence-corrected chi connectivity index (χ3v) is 4.32. The summed E-state index contributed by atoms with van der Waals surface area (Å²) < 4.78 is 0. The second-order valence-corrected chi connectivity index (χ2v) is 5.65. The van der Waals surface area contributed by atoms with E-state index < -0.39 is 11.5 Å². The van der Waals surface area contributed by atoms with Crippen LogP contribution < -0.4 is 10.6 Å². The summed E-state index contributed by atoms with van der Waals surface area (Å²) in [4.78, 5) is 23.3. The number of nitrogens with one attached hydrogen (secondary N) is 2. The number of carbonyl (C=O) groups excluding carboxylic acids is 1. The molecule has 1 aliphatic rings. The van der Waals surface area contributed by atoms with Gasteiger partial charge in [0.2, 0.25) is 0 Å². The molecule has 0 heterocycles. The number of hydrogen-bond donors (Lipinski definition) is 3. The van der Waals surface area contributed by atoms with Crippen LogP contribution in [0.2, 0.25) is 0 Å². The standard InChI is InChI=1S/C14H26N2O3/c1-4-14(5-2,12(17)18)16-13(19)15-11-8-6-10(3)7-9-11/h10-11H,4-9H2,1-3H3,(H,17,18)(H2,15,16,19). The van der Waals surface area contributed by atoms with Gasteiger partial charge in [0.1, 0.15) is 5.54 Å². The quantitative estimate of drug-likeness (QED) is 0.718. The zero-order valence-electron chi connectivity index (χ0n) is 12.2. The van der Waals surface area contributed by atoms with Gasteiger partial charge in [-0.25, -0.2) is 9.59 Å². The van der Waals surface area contributed by atoms with Crippen LogP contribution in [0.5, 0.6) is 0 Å². The van der Waals surface area contributed by atoms with Crippen molar-refractivity contribution in [2.24, 2.45) is 5.92 Å². The highest BCUT2D eigenvalue weighted by Crippen LogP contribution is 2.23. The Kier molecular flexibility index (Phi) is 5.63. The van der Waals surface area contributed by atoms with E-state index in [1.165, 1.54) is 0 Å². The number of hydrogen-bond acceptors (Lipinski definition) is 2. The molecule has 0 unspecified atom stereocenters. The maximum atomic E-state index is 11.9. The van der Waals surface area contributed by atoms with E-state index in [9.17, 15) is 14.7 Å². The van der Waals surface area contributed by atoms with E-state index in [0.717, 1.165) is 31.6 Å². The summed E-state index contributed by atoms with van der Waals surface area (Å²) in [5, 5.41) is 14.8. The predicted octanol–water partition coefficient (Wildman–Crippen LogP) is 2.51. The van der Waals surface area contributed by atoms with E-state index in [-0.39, 0.29) is 12.1 Å². The molecule has 1 saturated carbocycles. The lowest BCUT2D eigenvalue weighted by Gasteiger charge is -2.31. The fourth-order valence-corrected chi connectivity index (χ4v) is 2.63. The summed E-state index contributed by atoms with van der Waals surface area (Å²) in [7, 11) is 0. The Morgan fingerprint density at radius 3 is 2.11 bits per heavy atom. The molecule has 1 rings (SSSR count). The van der Waals surface area contributed by atoms with Crippen molar-refractivity contribution in [3.63, 3.8) is 0 Å². The fraction of sp³-hybridized carbons (Fsp3) is 0.857. The smallest absolute Gasteiger partial charge is 0.329 e. The van der Waals surface area contributed by atoms with Crippen molar-refractivity contribution in [1.82, 2.24) is 10.6 Å². The number of urea groups is 1. The number of amides is 2. The highest BCUT2D eigenvalue weighted by molar-refractivity contribution is 5.86. The van der Waals surface area contributed by atoms with Gasteiger partial charge in [0.25, 0.3) is 0 Å². The Morgan fingerprint density at radius 2 is 1.68 bits per heavy atom. The third-order valence-electron chi connectivity index (χ3n) is 4.32. The Hall–Kier alpha value is -1.26. The van der Waals surface area contributed by atoms with Gasteiger partial charge in [-0.15, -0.1) is 0 Å². The van der Waals surface area contributed by atoms with Gasteiger partial charge in [0.05, 0.1) is 0 Å². The average Bonchev–Trinajstić information content (AvgIpc) is 2.38. The second kappa shape index (κ2) is 6.78. The Balaban J connectivity index is 2.51. The fourth-order valence-electron chi connectivity index (χ4n) is 2.63. The highest BCUT2D eigenvalue weighted by Gasteiger charge is 2.36. The van der Waals surface area contributed by atoms with E-state index in [2.05, 4.69) is 17.6 Å². The molecule has 0 aromatic carbocycles. The van der Waals surface area contributed by atoms with Gasteiger partial charge in [0.15, 0.2) is 0 Å². The Morgan fingerprint density at radius 1 is 1.16 bits per heavy atom. The second-order valence-electron chi connectivity index (χ2n) is 5.65. The number of aliphatic carboxylic acids is 1. The first kappa shape index (κ1) is 15.8. The van der Waals surface area contributed by atoms with Crippen LogP contribution >= 0.6 is 0 Å². The summed E-state index contributed by atoms with van der Waals surface area (Å²) in [5.74, 6) is -0.240. The minimum absolute atomic E-state index is 0.177. The van der Waals surface area contributed by atoms with Crippen LogP contribution in [-0.4, -0.2) is 28.7 Å². The zero-order valence-corrected chi connectivity index (χ0v) is 12.2. The van der Waals surface area contributed by atoms with Crippen LogP contribution in [0.4, 0.5) is 4.79 Å². The molecule has 0 aliphatic heterocycles. The third kappa shape index (κ3) is 4.11. The Labute approximate surface area is 115 Å². The van der Waals surface area contributed by atoms with E-state index in [0.29, 0.717) is 12.8 Å². The lowest BCUT2D eigenvalue weighted by molar-refractivity contribution is -0.144. The molecule has 0 aromatic rings. The van der Waals surface area contributed by atoms with E-state index in [1.54, 1.807) is 13.8 Å². The zero-order chi connectivity index (χ0) is 14.5. The van der Waals surface area contributed by atoms with Gasteiger partial charge >= 0.3 is 12.0 Å². The number of carboxylic acids is 1. The molecule has 3 N–H and O–H groups in total. The minimum Gasteiger partial charge on any atom is -0.480 e.